The number of benzene rings is 1. The number of halogens is 2. The second kappa shape index (κ2) is 5.74. The van der Waals surface area contributed by atoms with E-state index in [1.54, 1.807) is 0 Å². The Balaban J connectivity index is 0.00000225. The van der Waals surface area contributed by atoms with E-state index >= 15 is 0 Å². The number of nitrogens with two attached hydrogens (primary N) is 1. The summed E-state index contributed by atoms with van der Waals surface area (Å²) in [5, 5.41) is 19.8. The summed E-state index contributed by atoms with van der Waals surface area (Å²) in [5.74, 6) is -0.619. The van der Waals surface area contributed by atoms with Crippen molar-refractivity contribution >= 4 is 18.1 Å². The van der Waals surface area contributed by atoms with Gasteiger partial charge >= 0.3 is 0 Å². The second-order valence-corrected chi connectivity index (χ2v) is 3.23. The molecule has 2 atom stereocenters. The molecule has 0 aliphatic rings. The van der Waals surface area contributed by atoms with E-state index in [0.717, 1.165) is 18.2 Å². The first-order valence-electron chi connectivity index (χ1n) is 4.31. The molecule has 5 nitrogen and oxygen atoms in total. The van der Waals surface area contributed by atoms with Gasteiger partial charge in [-0.15, -0.1) is 12.4 Å². The van der Waals surface area contributed by atoms with Crippen molar-refractivity contribution in [2.75, 3.05) is 0 Å². The molecule has 0 heterocycles. The lowest BCUT2D eigenvalue weighted by Crippen LogP contribution is -2.24. The number of rotatable bonds is 3. The van der Waals surface area contributed by atoms with Crippen molar-refractivity contribution in [1.82, 2.24) is 0 Å². The Morgan fingerprint density at radius 1 is 1.56 bits per heavy atom. The molecule has 0 unspecified atom stereocenters. The van der Waals surface area contributed by atoms with Gasteiger partial charge in [0.05, 0.1) is 22.6 Å². The lowest BCUT2D eigenvalue weighted by molar-refractivity contribution is -0.385. The molecule has 16 heavy (non-hydrogen) atoms. The molecule has 3 N–H and O–H groups in total. The van der Waals surface area contributed by atoms with Crippen molar-refractivity contribution in [3.8, 4) is 0 Å². The molecule has 0 aliphatic carbocycles. The second-order valence-electron chi connectivity index (χ2n) is 3.23. The summed E-state index contributed by atoms with van der Waals surface area (Å²) in [6.07, 6.45) is -0.981. The van der Waals surface area contributed by atoms with Crippen molar-refractivity contribution in [1.29, 1.82) is 0 Å². The standard InChI is InChI=1S/C9H11FN2O3.ClH/c1-5(13)9(11)7-4-6(10)2-3-8(7)12(14)15;/h2-5,9,13H,11H2,1H3;1H/t5-,9-;/m0./s1. The average molecular weight is 251 g/mol. The van der Waals surface area contributed by atoms with Crippen molar-refractivity contribution in [2.45, 2.75) is 19.1 Å². The predicted molar refractivity (Wildman–Crippen MR) is 58.9 cm³/mol. The molecule has 0 amide bonds. The van der Waals surface area contributed by atoms with Gasteiger partial charge in [0, 0.05) is 6.07 Å². The number of hydrogen-bond donors (Lipinski definition) is 2. The molecule has 1 rings (SSSR count). The van der Waals surface area contributed by atoms with Crippen LogP contribution in [0.25, 0.3) is 0 Å². The van der Waals surface area contributed by atoms with E-state index in [2.05, 4.69) is 0 Å². The number of aliphatic hydroxyl groups excluding tert-OH is 1. The highest BCUT2D eigenvalue weighted by Crippen LogP contribution is 2.26. The summed E-state index contributed by atoms with van der Waals surface area (Å²) in [6, 6.07) is 2.01. The van der Waals surface area contributed by atoms with E-state index < -0.39 is 22.9 Å². The molecule has 0 aliphatic heterocycles. The number of aliphatic hydroxyl groups is 1. The monoisotopic (exact) mass is 250 g/mol. The Hall–Kier alpha value is -1.24. The zero-order chi connectivity index (χ0) is 11.6. The third-order valence-electron chi connectivity index (χ3n) is 2.07. The van der Waals surface area contributed by atoms with E-state index in [1.807, 2.05) is 0 Å². The lowest BCUT2D eigenvalue weighted by atomic mass is 10.0. The summed E-state index contributed by atoms with van der Waals surface area (Å²) in [6.45, 7) is 1.39. The Morgan fingerprint density at radius 3 is 2.56 bits per heavy atom. The third kappa shape index (κ3) is 3.13. The van der Waals surface area contributed by atoms with Crippen LogP contribution in [0.1, 0.15) is 18.5 Å². The van der Waals surface area contributed by atoms with Crippen molar-refractivity contribution in [3.05, 3.63) is 39.7 Å². The Bertz CT molecular complexity index is 387. The van der Waals surface area contributed by atoms with Crippen LogP contribution in [0.3, 0.4) is 0 Å². The van der Waals surface area contributed by atoms with Crippen molar-refractivity contribution < 1.29 is 14.4 Å². The van der Waals surface area contributed by atoms with Crippen LogP contribution in [-0.2, 0) is 0 Å². The maximum atomic E-state index is 12.9. The van der Waals surface area contributed by atoms with Crippen LogP contribution in [0.2, 0.25) is 0 Å². The molecule has 0 bridgehead atoms. The normalized spacial score (nSPS) is 13.8. The van der Waals surface area contributed by atoms with E-state index in [1.165, 1.54) is 6.92 Å². The zero-order valence-corrected chi connectivity index (χ0v) is 9.28. The van der Waals surface area contributed by atoms with Crippen molar-refractivity contribution in [3.63, 3.8) is 0 Å². The molecule has 1 aromatic carbocycles. The summed E-state index contributed by atoms with van der Waals surface area (Å²) in [5.41, 5.74) is 5.23. The molecule has 0 fully saturated rings. The van der Waals surface area contributed by atoms with Gasteiger partial charge in [0.15, 0.2) is 0 Å². The summed E-state index contributed by atoms with van der Waals surface area (Å²) in [7, 11) is 0. The topological polar surface area (TPSA) is 89.4 Å². The molecular formula is C9H12ClFN2O3. The van der Waals surface area contributed by atoms with Crippen LogP contribution < -0.4 is 5.73 Å². The molecule has 7 heteroatoms. The fourth-order valence-electron chi connectivity index (χ4n) is 1.22. The fourth-order valence-corrected chi connectivity index (χ4v) is 1.22. The molecule has 0 radical (unpaired) electrons. The number of nitro benzene ring substituents is 1. The highest BCUT2D eigenvalue weighted by Gasteiger charge is 2.23. The highest BCUT2D eigenvalue weighted by molar-refractivity contribution is 5.85. The fraction of sp³-hybridized carbons (Fsp3) is 0.333. The zero-order valence-electron chi connectivity index (χ0n) is 8.46. The maximum Gasteiger partial charge on any atom is 0.274 e. The minimum absolute atomic E-state index is 0. The van der Waals surface area contributed by atoms with E-state index in [-0.39, 0.29) is 23.7 Å². The van der Waals surface area contributed by atoms with Gasteiger partial charge in [0.25, 0.3) is 5.69 Å². The first kappa shape index (κ1) is 14.8. The van der Waals surface area contributed by atoms with Crippen LogP contribution in [0.4, 0.5) is 10.1 Å². The van der Waals surface area contributed by atoms with E-state index in [0.29, 0.717) is 0 Å². The van der Waals surface area contributed by atoms with Gasteiger partial charge in [-0.25, -0.2) is 4.39 Å². The average Bonchev–Trinajstić information content (AvgIpc) is 2.15. The Kier molecular flexibility index (Phi) is 5.29. The third-order valence-corrected chi connectivity index (χ3v) is 2.07. The maximum absolute atomic E-state index is 12.9. The van der Waals surface area contributed by atoms with Gasteiger partial charge < -0.3 is 10.8 Å². The van der Waals surface area contributed by atoms with Crippen LogP contribution in [0, 0.1) is 15.9 Å². The van der Waals surface area contributed by atoms with E-state index in [4.69, 9.17) is 5.73 Å². The smallest absolute Gasteiger partial charge is 0.274 e. The summed E-state index contributed by atoms with van der Waals surface area (Å²) >= 11 is 0. The van der Waals surface area contributed by atoms with Gasteiger partial charge in [-0.05, 0) is 19.1 Å². The van der Waals surface area contributed by atoms with Crippen LogP contribution in [0.15, 0.2) is 18.2 Å². The Morgan fingerprint density at radius 2 is 2.12 bits per heavy atom. The van der Waals surface area contributed by atoms with Gasteiger partial charge in [-0.3, -0.25) is 10.1 Å². The number of nitrogens with zero attached hydrogens (tertiary/aromatic N) is 1. The Labute approximate surface area is 97.6 Å². The van der Waals surface area contributed by atoms with Gasteiger partial charge in [0.1, 0.15) is 5.82 Å². The minimum atomic E-state index is -0.981. The molecule has 0 aromatic heterocycles. The van der Waals surface area contributed by atoms with Crippen LogP contribution >= 0.6 is 12.4 Å². The molecule has 0 spiro atoms. The predicted octanol–water partition coefficient (Wildman–Crippen LogP) is 1.54. The first-order chi connectivity index (χ1) is 6.93. The van der Waals surface area contributed by atoms with Crippen LogP contribution in [0.5, 0.6) is 0 Å². The van der Waals surface area contributed by atoms with Crippen molar-refractivity contribution in [2.24, 2.45) is 5.73 Å². The molecular weight excluding hydrogens is 239 g/mol. The van der Waals surface area contributed by atoms with Gasteiger partial charge in [-0.1, -0.05) is 0 Å². The number of nitro groups is 1. The minimum Gasteiger partial charge on any atom is -0.391 e. The quantitative estimate of drug-likeness (QED) is 0.629. The van der Waals surface area contributed by atoms with E-state index in [9.17, 15) is 19.6 Å². The summed E-state index contributed by atoms with van der Waals surface area (Å²) < 4.78 is 12.9. The molecule has 90 valence electrons. The summed E-state index contributed by atoms with van der Waals surface area (Å²) in [4.78, 5) is 9.95. The molecule has 0 saturated heterocycles. The largest absolute Gasteiger partial charge is 0.391 e. The molecule has 1 aromatic rings. The first-order valence-corrected chi connectivity index (χ1v) is 4.31. The lowest BCUT2D eigenvalue weighted by Gasteiger charge is -2.14. The van der Waals surface area contributed by atoms with Gasteiger partial charge in [0.2, 0.25) is 0 Å². The van der Waals surface area contributed by atoms with Crippen LogP contribution in [-0.4, -0.2) is 16.1 Å². The highest BCUT2D eigenvalue weighted by atomic mass is 35.5. The van der Waals surface area contributed by atoms with Gasteiger partial charge in [-0.2, -0.15) is 0 Å². The SMILES string of the molecule is C[C@H](O)[C@H](N)c1cc(F)ccc1[N+](=O)[O-].Cl. The number of hydrogen-bond acceptors (Lipinski definition) is 4. The molecule has 0 saturated carbocycles.